The maximum absolute atomic E-state index is 6.00. The number of anilines is 1. The van der Waals surface area contributed by atoms with Gasteiger partial charge in [-0.3, -0.25) is 4.98 Å². The van der Waals surface area contributed by atoms with Crippen molar-refractivity contribution in [2.45, 2.75) is 13.3 Å². The van der Waals surface area contributed by atoms with Crippen LogP contribution in [0.2, 0.25) is 0 Å². The molecule has 20 heavy (non-hydrogen) atoms. The Morgan fingerprint density at radius 1 is 1.05 bits per heavy atom. The van der Waals surface area contributed by atoms with Crippen molar-refractivity contribution in [3.8, 4) is 11.5 Å². The first-order chi connectivity index (χ1) is 9.78. The van der Waals surface area contributed by atoms with Crippen molar-refractivity contribution in [2.75, 3.05) is 5.73 Å². The molecule has 1 aromatic heterocycles. The summed E-state index contributed by atoms with van der Waals surface area (Å²) in [5, 5.41) is 0.923. The topological polar surface area (TPSA) is 48.1 Å². The second-order valence-electron chi connectivity index (χ2n) is 4.66. The lowest BCUT2D eigenvalue weighted by Crippen LogP contribution is -1.95. The second kappa shape index (κ2) is 5.21. The fourth-order valence-electron chi connectivity index (χ4n) is 2.16. The fraction of sp³-hybridized carbons (Fsp3) is 0.118. The number of nitrogen functional groups attached to an aromatic ring is 1. The molecule has 0 saturated carbocycles. The van der Waals surface area contributed by atoms with Crippen molar-refractivity contribution in [2.24, 2.45) is 0 Å². The van der Waals surface area contributed by atoms with E-state index in [1.807, 2.05) is 36.4 Å². The molecule has 0 fully saturated rings. The number of fused-ring (bicyclic) bond motifs is 1. The summed E-state index contributed by atoms with van der Waals surface area (Å²) in [7, 11) is 0. The van der Waals surface area contributed by atoms with Crippen molar-refractivity contribution in [3.63, 3.8) is 0 Å². The molecule has 0 bridgehead atoms. The van der Waals surface area contributed by atoms with Crippen LogP contribution >= 0.6 is 0 Å². The van der Waals surface area contributed by atoms with E-state index in [0.717, 1.165) is 23.1 Å². The third kappa shape index (κ3) is 2.30. The van der Waals surface area contributed by atoms with Crippen LogP contribution in [0.15, 0.2) is 54.7 Å². The van der Waals surface area contributed by atoms with E-state index in [0.29, 0.717) is 11.4 Å². The Bertz CT molecular complexity index is 736. The summed E-state index contributed by atoms with van der Waals surface area (Å²) in [6.07, 6.45) is 2.65. The van der Waals surface area contributed by atoms with Crippen LogP contribution in [0.1, 0.15) is 12.5 Å². The van der Waals surface area contributed by atoms with Crippen molar-refractivity contribution < 1.29 is 4.74 Å². The monoisotopic (exact) mass is 264 g/mol. The summed E-state index contributed by atoms with van der Waals surface area (Å²) < 4.78 is 5.96. The van der Waals surface area contributed by atoms with Gasteiger partial charge in [0.25, 0.3) is 0 Å². The molecule has 0 spiro atoms. The first-order valence-corrected chi connectivity index (χ1v) is 6.68. The molecule has 2 N–H and O–H groups in total. The van der Waals surface area contributed by atoms with E-state index in [1.165, 1.54) is 5.56 Å². The molecule has 1 heterocycles. The van der Waals surface area contributed by atoms with Crippen LogP contribution in [0.3, 0.4) is 0 Å². The van der Waals surface area contributed by atoms with Crippen molar-refractivity contribution >= 4 is 16.6 Å². The highest BCUT2D eigenvalue weighted by Crippen LogP contribution is 2.34. The highest BCUT2D eigenvalue weighted by Gasteiger charge is 2.08. The fourth-order valence-corrected chi connectivity index (χ4v) is 2.16. The average Bonchev–Trinajstić information content (AvgIpc) is 2.51. The minimum atomic E-state index is 0.545. The quantitative estimate of drug-likeness (QED) is 0.772. The van der Waals surface area contributed by atoms with Gasteiger partial charge in [0.1, 0.15) is 5.75 Å². The van der Waals surface area contributed by atoms with E-state index in [4.69, 9.17) is 10.5 Å². The molecule has 0 unspecified atom stereocenters. The van der Waals surface area contributed by atoms with Gasteiger partial charge < -0.3 is 10.5 Å². The zero-order chi connectivity index (χ0) is 13.9. The van der Waals surface area contributed by atoms with Crippen LogP contribution in [-0.4, -0.2) is 4.98 Å². The zero-order valence-electron chi connectivity index (χ0n) is 11.3. The third-order valence-corrected chi connectivity index (χ3v) is 3.31. The Labute approximate surface area is 118 Å². The summed E-state index contributed by atoms with van der Waals surface area (Å²) in [4.78, 5) is 4.31. The number of aryl methyl sites for hydroxylation is 1. The largest absolute Gasteiger partial charge is 0.454 e. The maximum Gasteiger partial charge on any atom is 0.161 e. The maximum atomic E-state index is 6.00. The lowest BCUT2D eigenvalue weighted by Gasteiger charge is -2.11. The minimum absolute atomic E-state index is 0.545. The summed E-state index contributed by atoms with van der Waals surface area (Å²) in [6, 6.07) is 15.9. The van der Waals surface area contributed by atoms with Gasteiger partial charge in [-0.1, -0.05) is 31.2 Å². The zero-order valence-corrected chi connectivity index (χ0v) is 11.3. The van der Waals surface area contributed by atoms with Crippen LogP contribution in [0.5, 0.6) is 11.5 Å². The van der Waals surface area contributed by atoms with Crippen LogP contribution in [-0.2, 0) is 6.42 Å². The molecule has 0 aliphatic heterocycles. The molecule has 0 atom stereocenters. The van der Waals surface area contributed by atoms with Crippen molar-refractivity contribution in [3.05, 3.63) is 60.3 Å². The van der Waals surface area contributed by atoms with Gasteiger partial charge in [0.05, 0.1) is 17.4 Å². The van der Waals surface area contributed by atoms with Crippen LogP contribution in [0, 0.1) is 0 Å². The van der Waals surface area contributed by atoms with Gasteiger partial charge in [0.15, 0.2) is 5.75 Å². The van der Waals surface area contributed by atoms with Gasteiger partial charge in [-0.05, 0) is 36.2 Å². The lowest BCUT2D eigenvalue weighted by molar-refractivity contribution is 0.490. The van der Waals surface area contributed by atoms with E-state index in [2.05, 4.69) is 24.0 Å². The summed E-state index contributed by atoms with van der Waals surface area (Å²) in [5.74, 6) is 1.45. The van der Waals surface area contributed by atoms with Gasteiger partial charge in [0.2, 0.25) is 0 Å². The summed E-state index contributed by atoms with van der Waals surface area (Å²) in [6.45, 7) is 2.13. The molecule has 0 aliphatic carbocycles. The molecule has 3 aromatic rings. The van der Waals surface area contributed by atoms with Crippen molar-refractivity contribution in [1.29, 1.82) is 0 Å². The Morgan fingerprint density at radius 3 is 2.55 bits per heavy atom. The molecule has 3 rings (SSSR count). The van der Waals surface area contributed by atoms with Crippen LogP contribution < -0.4 is 10.5 Å². The molecule has 100 valence electrons. The number of pyridine rings is 1. The number of ether oxygens (including phenoxy) is 1. The minimum Gasteiger partial charge on any atom is -0.454 e. The number of hydrogen-bond donors (Lipinski definition) is 1. The first-order valence-electron chi connectivity index (χ1n) is 6.68. The Hall–Kier alpha value is -2.55. The number of nitrogens with two attached hydrogens (primary N) is 1. The first kappa shape index (κ1) is 12.5. The van der Waals surface area contributed by atoms with E-state index < -0.39 is 0 Å². The van der Waals surface area contributed by atoms with E-state index >= 15 is 0 Å². The lowest BCUT2D eigenvalue weighted by atomic mass is 10.1. The number of hydrogen-bond acceptors (Lipinski definition) is 3. The highest BCUT2D eigenvalue weighted by atomic mass is 16.5. The number of aromatic nitrogens is 1. The SMILES string of the molecule is CCc1ccc(Oc2c(N)cnc3ccccc23)cc1. The molecular weight excluding hydrogens is 248 g/mol. The Kier molecular flexibility index (Phi) is 3.25. The van der Waals surface area contributed by atoms with Gasteiger partial charge in [-0.15, -0.1) is 0 Å². The number of rotatable bonds is 3. The van der Waals surface area contributed by atoms with E-state index in [-0.39, 0.29) is 0 Å². The molecule has 0 radical (unpaired) electrons. The van der Waals surface area contributed by atoms with Crippen LogP contribution in [0.25, 0.3) is 10.9 Å². The molecule has 0 aliphatic rings. The predicted molar refractivity (Wildman–Crippen MR) is 82.0 cm³/mol. The standard InChI is InChI=1S/C17H16N2O/c1-2-12-7-9-13(10-8-12)20-17-14-5-3-4-6-16(14)19-11-15(17)18/h3-11H,2,18H2,1H3. The average molecular weight is 264 g/mol. The number of para-hydroxylation sites is 1. The van der Waals surface area contributed by atoms with Gasteiger partial charge in [-0.25, -0.2) is 0 Å². The predicted octanol–water partition coefficient (Wildman–Crippen LogP) is 4.17. The second-order valence-corrected chi connectivity index (χ2v) is 4.66. The van der Waals surface area contributed by atoms with Gasteiger partial charge in [-0.2, -0.15) is 0 Å². The molecule has 0 saturated heterocycles. The summed E-state index contributed by atoms with van der Waals surface area (Å²) in [5.41, 5.74) is 8.71. The van der Waals surface area contributed by atoms with Crippen molar-refractivity contribution in [1.82, 2.24) is 4.98 Å². The molecule has 3 nitrogen and oxygen atoms in total. The summed E-state index contributed by atoms with van der Waals surface area (Å²) >= 11 is 0. The normalized spacial score (nSPS) is 10.7. The van der Waals surface area contributed by atoms with E-state index in [9.17, 15) is 0 Å². The van der Waals surface area contributed by atoms with Crippen LogP contribution in [0.4, 0.5) is 5.69 Å². The molecule has 0 amide bonds. The highest BCUT2D eigenvalue weighted by molar-refractivity contribution is 5.89. The van der Waals surface area contributed by atoms with E-state index in [1.54, 1.807) is 6.20 Å². The number of benzene rings is 2. The van der Waals surface area contributed by atoms with Gasteiger partial charge in [0, 0.05) is 5.39 Å². The smallest absolute Gasteiger partial charge is 0.161 e. The molecule has 2 aromatic carbocycles. The molecular formula is C17H16N2O. The molecule has 3 heteroatoms. The number of nitrogens with zero attached hydrogens (tertiary/aromatic N) is 1. The Balaban J connectivity index is 2.02. The van der Waals surface area contributed by atoms with Gasteiger partial charge >= 0.3 is 0 Å². The third-order valence-electron chi connectivity index (χ3n) is 3.31. The Morgan fingerprint density at radius 2 is 1.80 bits per heavy atom.